The fourth-order valence-corrected chi connectivity index (χ4v) is 7.55. The first-order valence-electron chi connectivity index (χ1n) is 18.9. The van der Waals surface area contributed by atoms with Gasteiger partial charge in [0, 0.05) is 16.2 Å². The SMILES string of the molecule is [2H]c1c([2H])c([2H])c(-c2ccc(-c3c4ccccc4c(-c4cccc5oc6c7ccccc7ccc6c45)c4ccc(-c5ccccc5)cc34)cc2)c([2H])c1[2H]. The first kappa shape index (κ1) is 23.0. The normalized spacial score (nSPS) is 13.1. The summed E-state index contributed by atoms with van der Waals surface area (Å²) in [4.78, 5) is 0. The van der Waals surface area contributed by atoms with E-state index in [1.165, 1.54) is 0 Å². The standard InChI is InChI=1S/C48H30O/c1-3-12-31(13-4-1)33-22-24-35(25-23-33)45-38-18-9-10-19-39(38)46(40-28-27-36(30-43(40)45)32-14-5-2-6-15-32)41-20-11-21-44-47(41)42-29-26-34-16-7-8-17-37(34)48(42)49-44/h1-30H/i1D,3D,4D,12D,13D. The van der Waals surface area contributed by atoms with E-state index in [2.05, 4.69) is 121 Å². The van der Waals surface area contributed by atoms with Crippen LogP contribution in [0, 0.1) is 0 Å². The van der Waals surface area contributed by atoms with E-state index in [-0.39, 0.29) is 29.7 Å². The van der Waals surface area contributed by atoms with Crippen LogP contribution in [0.1, 0.15) is 6.85 Å². The van der Waals surface area contributed by atoms with Gasteiger partial charge in [0.15, 0.2) is 0 Å². The van der Waals surface area contributed by atoms with Crippen LogP contribution in [0.5, 0.6) is 0 Å². The quantitative estimate of drug-likeness (QED) is 0.177. The van der Waals surface area contributed by atoms with Gasteiger partial charge in [-0.05, 0) is 89.6 Å². The zero-order valence-electron chi connectivity index (χ0n) is 31.3. The average Bonchev–Trinajstić information content (AvgIpc) is 3.62. The Bertz CT molecular complexity index is 3120. The molecule has 0 saturated carbocycles. The minimum Gasteiger partial charge on any atom is -0.455 e. The topological polar surface area (TPSA) is 13.1 Å². The molecule has 0 aliphatic rings. The van der Waals surface area contributed by atoms with Crippen LogP contribution < -0.4 is 0 Å². The molecule has 0 saturated heterocycles. The molecule has 0 atom stereocenters. The molecule has 9 aromatic carbocycles. The van der Waals surface area contributed by atoms with Crippen LogP contribution in [0.15, 0.2) is 186 Å². The van der Waals surface area contributed by atoms with Gasteiger partial charge in [-0.25, -0.2) is 0 Å². The second kappa shape index (κ2) is 11.1. The monoisotopic (exact) mass is 627 g/mol. The van der Waals surface area contributed by atoms with Gasteiger partial charge >= 0.3 is 0 Å². The maximum atomic E-state index is 8.57. The van der Waals surface area contributed by atoms with E-state index in [1.807, 2.05) is 30.3 Å². The summed E-state index contributed by atoms with van der Waals surface area (Å²) in [5, 5.41) is 8.73. The number of fused-ring (bicyclic) bond motifs is 7. The Morgan fingerprint density at radius 1 is 0.388 bits per heavy atom. The van der Waals surface area contributed by atoms with Crippen LogP contribution in [-0.4, -0.2) is 0 Å². The van der Waals surface area contributed by atoms with E-state index in [1.54, 1.807) is 0 Å². The van der Waals surface area contributed by atoms with Crippen LogP contribution in [0.25, 0.3) is 98.8 Å². The van der Waals surface area contributed by atoms with E-state index in [0.29, 0.717) is 5.56 Å². The third kappa shape index (κ3) is 4.40. The first-order chi connectivity index (χ1) is 26.4. The molecule has 1 aromatic heterocycles. The van der Waals surface area contributed by atoms with Crippen LogP contribution in [0.2, 0.25) is 0 Å². The van der Waals surface area contributed by atoms with E-state index < -0.39 is 6.04 Å². The largest absolute Gasteiger partial charge is 0.455 e. The van der Waals surface area contributed by atoms with Crippen LogP contribution >= 0.6 is 0 Å². The van der Waals surface area contributed by atoms with Gasteiger partial charge in [-0.3, -0.25) is 0 Å². The molecular formula is C48H30O. The van der Waals surface area contributed by atoms with Crippen molar-refractivity contribution in [3.8, 4) is 44.5 Å². The van der Waals surface area contributed by atoms with Gasteiger partial charge in [-0.2, -0.15) is 0 Å². The number of rotatable bonds is 4. The Morgan fingerprint density at radius 3 is 1.84 bits per heavy atom. The molecule has 0 aliphatic heterocycles. The van der Waals surface area contributed by atoms with E-state index in [9.17, 15) is 0 Å². The van der Waals surface area contributed by atoms with E-state index >= 15 is 0 Å². The van der Waals surface area contributed by atoms with Crippen LogP contribution in [-0.2, 0) is 0 Å². The molecule has 0 amide bonds. The van der Waals surface area contributed by atoms with Crippen molar-refractivity contribution in [1.29, 1.82) is 0 Å². The lowest BCUT2D eigenvalue weighted by atomic mass is 9.83. The number of benzene rings is 9. The smallest absolute Gasteiger partial charge is 0.143 e. The summed E-state index contributed by atoms with van der Waals surface area (Å²) in [5.74, 6) is 0. The van der Waals surface area contributed by atoms with Gasteiger partial charge < -0.3 is 4.42 Å². The van der Waals surface area contributed by atoms with Crippen molar-refractivity contribution in [2.45, 2.75) is 0 Å². The summed E-state index contributed by atoms with van der Waals surface area (Å²) in [6.07, 6.45) is 0. The van der Waals surface area contributed by atoms with Crippen molar-refractivity contribution >= 4 is 54.3 Å². The van der Waals surface area contributed by atoms with Gasteiger partial charge in [0.1, 0.15) is 11.2 Å². The average molecular weight is 628 g/mol. The van der Waals surface area contributed by atoms with Crippen LogP contribution in [0.4, 0.5) is 0 Å². The zero-order chi connectivity index (χ0) is 36.7. The number of hydrogen-bond donors (Lipinski definition) is 0. The molecule has 0 spiro atoms. The van der Waals surface area contributed by atoms with Gasteiger partial charge in [0.05, 0.1) is 6.85 Å². The third-order valence-corrected chi connectivity index (χ3v) is 9.75. The molecule has 49 heavy (non-hydrogen) atoms. The molecular weight excluding hydrogens is 593 g/mol. The summed E-state index contributed by atoms with van der Waals surface area (Å²) in [6, 6.07) is 50.9. The molecule has 10 aromatic rings. The minimum atomic E-state index is -0.398. The van der Waals surface area contributed by atoms with E-state index in [0.717, 1.165) is 87.6 Å². The summed E-state index contributed by atoms with van der Waals surface area (Å²) >= 11 is 0. The molecule has 0 fully saturated rings. The highest BCUT2D eigenvalue weighted by atomic mass is 16.3. The Balaban J connectivity index is 1.28. The summed E-state index contributed by atoms with van der Waals surface area (Å²) < 4.78 is 48.3. The molecule has 0 N–H and O–H groups in total. The number of hydrogen-bond acceptors (Lipinski definition) is 1. The predicted octanol–water partition coefficient (Wildman–Crippen LogP) is 13.7. The number of furan rings is 1. The fourth-order valence-electron chi connectivity index (χ4n) is 7.55. The van der Waals surface area contributed by atoms with Gasteiger partial charge in [0.2, 0.25) is 0 Å². The molecule has 0 bridgehead atoms. The Hall–Kier alpha value is -6.44. The summed E-state index contributed by atoms with van der Waals surface area (Å²) in [7, 11) is 0. The Morgan fingerprint density at radius 2 is 1.02 bits per heavy atom. The molecule has 1 heterocycles. The van der Waals surface area contributed by atoms with Gasteiger partial charge in [-0.1, -0.05) is 164 Å². The molecule has 1 heteroatoms. The maximum absolute atomic E-state index is 8.57. The van der Waals surface area contributed by atoms with Crippen LogP contribution in [0.3, 0.4) is 0 Å². The van der Waals surface area contributed by atoms with Gasteiger partial charge in [0.25, 0.3) is 0 Å². The van der Waals surface area contributed by atoms with E-state index in [4.69, 9.17) is 11.3 Å². The molecule has 10 rings (SSSR count). The second-order valence-electron chi connectivity index (χ2n) is 12.4. The highest BCUT2D eigenvalue weighted by Gasteiger charge is 2.21. The molecule has 0 unspecified atom stereocenters. The lowest BCUT2D eigenvalue weighted by molar-refractivity contribution is 0.673. The first-order valence-corrected chi connectivity index (χ1v) is 16.4. The second-order valence-corrected chi connectivity index (χ2v) is 12.4. The van der Waals surface area contributed by atoms with Crippen molar-refractivity contribution in [3.05, 3.63) is 182 Å². The van der Waals surface area contributed by atoms with Crippen molar-refractivity contribution in [2.75, 3.05) is 0 Å². The minimum absolute atomic E-state index is 0.192. The lowest BCUT2D eigenvalue weighted by Gasteiger charge is -2.19. The maximum Gasteiger partial charge on any atom is 0.143 e. The Kier molecular flexibility index (Phi) is 5.20. The van der Waals surface area contributed by atoms with Crippen molar-refractivity contribution in [2.24, 2.45) is 0 Å². The molecule has 0 radical (unpaired) electrons. The lowest BCUT2D eigenvalue weighted by Crippen LogP contribution is -1.92. The molecule has 228 valence electrons. The van der Waals surface area contributed by atoms with Crippen molar-refractivity contribution < 1.29 is 11.3 Å². The fraction of sp³-hybridized carbons (Fsp3) is 0. The van der Waals surface area contributed by atoms with Gasteiger partial charge in [-0.15, -0.1) is 0 Å². The third-order valence-electron chi connectivity index (χ3n) is 9.75. The Labute approximate surface area is 291 Å². The predicted molar refractivity (Wildman–Crippen MR) is 208 cm³/mol. The highest BCUT2D eigenvalue weighted by molar-refractivity contribution is 6.27. The van der Waals surface area contributed by atoms with Crippen molar-refractivity contribution in [1.82, 2.24) is 0 Å². The highest BCUT2D eigenvalue weighted by Crippen LogP contribution is 2.48. The zero-order valence-corrected chi connectivity index (χ0v) is 26.3. The molecule has 0 aliphatic carbocycles. The van der Waals surface area contributed by atoms with Crippen molar-refractivity contribution in [3.63, 3.8) is 0 Å². The summed E-state index contributed by atoms with van der Waals surface area (Å²) in [5.41, 5.74) is 8.93. The summed E-state index contributed by atoms with van der Waals surface area (Å²) in [6.45, 7) is 0. The molecule has 1 nitrogen and oxygen atoms in total.